The molecular formula is C34H44FN3O6. The van der Waals surface area contributed by atoms with Gasteiger partial charge in [0.2, 0.25) is 0 Å². The van der Waals surface area contributed by atoms with E-state index in [1.54, 1.807) is 35.2 Å². The molecular weight excluding hydrogens is 565 g/mol. The lowest BCUT2D eigenvalue weighted by Crippen LogP contribution is -2.48. The van der Waals surface area contributed by atoms with Crippen molar-refractivity contribution in [2.45, 2.75) is 64.5 Å². The van der Waals surface area contributed by atoms with Crippen LogP contribution in [0.2, 0.25) is 0 Å². The first-order valence-electron chi connectivity index (χ1n) is 15.5. The summed E-state index contributed by atoms with van der Waals surface area (Å²) < 4.78 is 19.8. The van der Waals surface area contributed by atoms with Crippen molar-refractivity contribution in [2.75, 3.05) is 26.2 Å². The standard InChI is InChI=1S/C34H44FN3O6/c1-4-14-37(34(41)44-22-24-8-10-30(11-9-24)38(42)43)29-12-15-36(16-13-29)21-27-17-26(31(23(2)3)20-33(39)40)19-32(27)25-6-5-7-28(35)18-25/h4-11,18,23,26-27,29,31-32H,1,12-17,19-22H2,2-3H3,(H,39,40)/t26?,27-,31?,32-/m1/s1. The zero-order valence-corrected chi connectivity index (χ0v) is 25.6. The summed E-state index contributed by atoms with van der Waals surface area (Å²) in [4.78, 5) is 39.3. The minimum Gasteiger partial charge on any atom is -0.481 e. The summed E-state index contributed by atoms with van der Waals surface area (Å²) in [6.07, 6.45) is 4.71. The first-order chi connectivity index (χ1) is 21.0. The molecule has 44 heavy (non-hydrogen) atoms. The predicted octanol–water partition coefficient (Wildman–Crippen LogP) is 6.88. The largest absolute Gasteiger partial charge is 0.481 e. The van der Waals surface area contributed by atoms with Crippen LogP contribution in [0.5, 0.6) is 0 Å². The first kappa shape index (κ1) is 33.1. The minimum absolute atomic E-state index is 0.00941. The predicted molar refractivity (Wildman–Crippen MR) is 166 cm³/mol. The Labute approximate surface area is 258 Å². The number of carboxylic acid groups (broad SMARTS) is 1. The Hall–Kier alpha value is -3.79. The third-order valence-corrected chi connectivity index (χ3v) is 9.44. The Kier molecular flexibility index (Phi) is 11.5. The molecule has 2 aromatic carbocycles. The normalized spacial score (nSPS) is 21.6. The summed E-state index contributed by atoms with van der Waals surface area (Å²) in [5, 5.41) is 20.5. The van der Waals surface area contributed by atoms with Crippen molar-refractivity contribution in [3.63, 3.8) is 0 Å². The SMILES string of the molecule is C=CCN(C(=O)OCc1ccc([N+](=O)[O-])cc1)C1CCN(C[C@H]2CC(C(CC(=O)O)C(C)C)C[C@@H]2c2cccc(F)c2)CC1. The average molecular weight is 610 g/mol. The van der Waals surface area contributed by atoms with E-state index in [2.05, 4.69) is 25.3 Å². The summed E-state index contributed by atoms with van der Waals surface area (Å²) in [6.45, 7) is 10.8. The van der Waals surface area contributed by atoms with Crippen LogP contribution in [-0.2, 0) is 16.1 Å². The molecule has 238 valence electrons. The second-order valence-electron chi connectivity index (χ2n) is 12.6. The third kappa shape index (κ3) is 8.65. The number of piperidine rings is 1. The number of carboxylic acids is 1. The molecule has 2 aromatic rings. The van der Waals surface area contributed by atoms with Crippen LogP contribution in [0.3, 0.4) is 0 Å². The molecule has 9 nitrogen and oxygen atoms in total. The summed E-state index contributed by atoms with van der Waals surface area (Å²) in [7, 11) is 0. The molecule has 0 spiro atoms. The van der Waals surface area contributed by atoms with E-state index in [0.29, 0.717) is 12.1 Å². The van der Waals surface area contributed by atoms with E-state index >= 15 is 0 Å². The van der Waals surface area contributed by atoms with Crippen LogP contribution in [0.25, 0.3) is 0 Å². The number of carbonyl (C=O) groups excluding carboxylic acids is 1. The van der Waals surface area contributed by atoms with E-state index in [0.717, 1.165) is 50.9 Å². The molecule has 2 unspecified atom stereocenters. The molecule has 2 fully saturated rings. The molecule has 4 rings (SSSR count). The van der Waals surface area contributed by atoms with Crippen molar-refractivity contribution in [1.82, 2.24) is 9.80 Å². The van der Waals surface area contributed by atoms with Crippen LogP contribution < -0.4 is 0 Å². The van der Waals surface area contributed by atoms with E-state index in [1.807, 2.05) is 6.07 Å². The number of amides is 1. The number of halogens is 1. The van der Waals surface area contributed by atoms with Crippen LogP contribution in [0.4, 0.5) is 14.9 Å². The summed E-state index contributed by atoms with van der Waals surface area (Å²) in [6, 6.07) is 12.8. The van der Waals surface area contributed by atoms with Gasteiger partial charge in [-0.1, -0.05) is 32.1 Å². The van der Waals surface area contributed by atoms with Gasteiger partial charge in [0.1, 0.15) is 12.4 Å². The zero-order valence-electron chi connectivity index (χ0n) is 25.6. The molecule has 0 bridgehead atoms. The highest BCUT2D eigenvalue weighted by Gasteiger charge is 2.41. The number of aliphatic carboxylic acids is 1. The lowest BCUT2D eigenvalue weighted by Gasteiger charge is -2.39. The zero-order chi connectivity index (χ0) is 31.8. The maximum absolute atomic E-state index is 14.2. The van der Waals surface area contributed by atoms with Gasteiger partial charge in [-0.2, -0.15) is 0 Å². The quantitative estimate of drug-likeness (QED) is 0.150. The molecule has 1 N–H and O–H groups in total. The van der Waals surface area contributed by atoms with Gasteiger partial charge < -0.3 is 19.6 Å². The molecule has 4 atom stereocenters. The highest BCUT2D eigenvalue weighted by Crippen LogP contribution is 2.49. The lowest BCUT2D eigenvalue weighted by atomic mass is 9.79. The number of ether oxygens (including phenoxy) is 1. The van der Waals surface area contributed by atoms with Crippen LogP contribution >= 0.6 is 0 Å². The van der Waals surface area contributed by atoms with Crippen LogP contribution in [0, 0.1) is 39.6 Å². The number of nitrogens with zero attached hydrogens (tertiary/aromatic N) is 3. The fourth-order valence-corrected chi connectivity index (χ4v) is 7.21. The van der Waals surface area contributed by atoms with Gasteiger partial charge in [0, 0.05) is 50.8 Å². The number of rotatable bonds is 13. The molecule has 1 aliphatic heterocycles. The third-order valence-electron chi connectivity index (χ3n) is 9.44. The Morgan fingerprint density at radius 1 is 1.18 bits per heavy atom. The van der Waals surface area contributed by atoms with Crippen molar-refractivity contribution in [1.29, 1.82) is 0 Å². The number of hydrogen-bond donors (Lipinski definition) is 1. The molecule has 1 aliphatic carbocycles. The van der Waals surface area contributed by atoms with Crippen LogP contribution in [-0.4, -0.2) is 64.1 Å². The lowest BCUT2D eigenvalue weighted by molar-refractivity contribution is -0.384. The summed E-state index contributed by atoms with van der Waals surface area (Å²) in [5.74, 6) is -0.000350. The van der Waals surface area contributed by atoms with Crippen LogP contribution in [0.1, 0.15) is 63.0 Å². The molecule has 0 radical (unpaired) electrons. The van der Waals surface area contributed by atoms with Crippen molar-refractivity contribution < 1.29 is 28.7 Å². The van der Waals surface area contributed by atoms with Gasteiger partial charge in [0.25, 0.3) is 5.69 Å². The second kappa shape index (κ2) is 15.3. The molecule has 10 heteroatoms. The summed E-state index contributed by atoms with van der Waals surface area (Å²) in [5.41, 5.74) is 1.64. The number of benzene rings is 2. The fourth-order valence-electron chi connectivity index (χ4n) is 7.21. The number of carbonyl (C=O) groups is 2. The first-order valence-corrected chi connectivity index (χ1v) is 15.5. The van der Waals surface area contributed by atoms with E-state index in [1.165, 1.54) is 18.2 Å². The smallest absolute Gasteiger partial charge is 0.410 e. The van der Waals surface area contributed by atoms with E-state index in [-0.39, 0.29) is 60.2 Å². The number of nitro benzene ring substituents is 1. The second-order valence-corrected chi connectivity index (χ2v) is 12.6. The van der Waals surface area contributed by atoms with E-state index in [9.17, 15) is 29.2 Å². The molecule has 0 aromatic heterocycles. The monoisotopic (exact) mass is 609 g/mol. The van der Waals surface area contributed by atoms with Crippen molar-refractivity contribution in [2.24, 2.45) is 23.7 Å². The fraction of sp³-hybridized carbons (Fsp3) is 0.529. The molecule has 1 heterocycles. The van der Waals surface area contributed by atoms with Crippen molar-refractivity contribution in [3.8, 4) is 0 Å². The molecule has 1 saturated heterocycles. The Morgan fingerprint density at radius 2 is 1.89 bits per heavy atom. The highest BCUT2D eigenvalue weighted by molar-refractivity contribution is 5.68. The van der Waals surface area contributed by atoms with Crippen molar-refractivity contribution in [3.05, 3.63) is 88.2 Å². The van der Waals surface area contributed by atoms with Crippen LogP contribution in [0.15, 0.2) is 61.2 Å². The maximum atomic E-state index is 14.2. The average Bonchev–Trinajstić information content (AvgIpc) is 3.41. The molecule has 1 saturated carbocycles. The Bertz CT molecular complexity index is 1290. The Morgan fingerprint density at radius 3 is 2.48 bits per heavy atom. The van der Waals surface area contributed by atoms with Gasteiger partial charge >= 0.3 is 12.1 Å². The Balaban J connectivity index is 1.37. The van der Waals surface area contributed by atoms with E-state index in [4.69, 9.17) is 4.74 Å². The van der Waals surface area contributed by atoms with Gasteiger partial charge in [0.15, 0.2) is 0 Å². The van der Waals surface area contributed by atoms with Gasteiger partial charge in [-0.3, -0.25) is 14.9 Å². The van der Waals surface area contributed by atoms with Gasteiger partial charge in [0.05, 0.1) is 4.92 Å². The minimum atomic E-state index is -0.771. The van der Waals surface area contributed by atoms with E-state index < -0.39 is 17.0 Å². The number of non-ortho nitro benzene ring substituents is 1. The van der Waals surface area contributed by atoms with Crippen molar-refractivity contribution >= 4 is 17.7 Å². The number of likely N-dealkylation sites (tertiary alicyclic amines) is 1. The number of hydrogen-bond acceptors (Lipinski definition) is 6. The molecule has 1 amide bonds. The van der Waals surface area contributed by atoms with Gasteiger partial charge in [-0.15, -0.1) is 6.58 Å². The van der Waals surface area contributed by atoms with Gasteiger partial charge in [-0.05, 0) is 90.7 Å². The summed E-state index contributed by atoms with van der Waals surface area (Å²) >= 11 is 0. The highest BCUT2D eigenvalue weighted by atomic mass is 19.1. The van der Waals surface area contributed by atoms with Gasteiger partial charge in [-0.25, -0.2) is 9.18 Å². The maximum Gasteiger partial charge on any atom is 0.410 e. The topological polar surface area (TPSA) is 113 Å². The number of nitro groups is 1. The molecule has 2 aliphatic rings.